The summed E-state index contributed by atoms with van der Waals surface area (Å²) in [5.74, 6) is 0.246. The van der Waals surface area contributed by atoms with Gasteiger partial charge in [0, 0.05) is 16.5 Å². The van der Waals surface area contributed by atoms with E-state index in [1.54, 1.807) is 0 Å². The first-order valence-electron chi connectivity index (χ1n) is 8.61. The van der Waals surface area contributed by atoms with Gasteiger partial charge in [-0.2, -0.15) is 0 Å². The third-order valence-corrected chi connectivity index (χ3v) is 5.94. The molecule has 1 saturated carbocycles. The number of benzene rings is 1. The van der Waals surface area contributed by atoms with Crippen molar-refractivity contribution in [2.75, 3.05) is 0 Å². The Bertz CT molecular complexity index is 722. The molecule has 124 valence electrons. The molecule has 0 spiro atoms. The molecular weight excluding hydrogens is 284 g/mol. The number of fused-ring (bicyclic) bond motifs is 3. The van der Waals surface area contributed by atoms with E-state index in [1.165, 1.54) is 5.57 Å². The first-order chi connectivity index (χ1) is 10.6. The van der Waals surface area contributed by atoms with Crippen molar-refractivity contribution in [2.45, 2.75) is 65.2 Å². The number of hydrogen-bond donors (Lipinski definition) is 2. The Hall–Kier alpha value is -1.70. The lowest BCUT2D eigenvalue weighted by molar-refractivity contribution is 0.251. The van der Waals surface area contributed by atoms with Crippen LogP contribution in [0.15, 0.2) is 24.3 Å². The minimum atomic E-state index is -0.227. The number of hydrogen-bond acceptors (Lipinski definition) is 2. The summed E-state index contributed by atoms with van der Waals surface area (Å²) in [6.45, 7) is 15.1. The first-order valence-corrected chi connectivity index (χ1v) is 8.61. The van der Waals surface area contributed by atoms with E-state index in [0.29, 0.717) is 0 Å². The molecule has 0 heterocycles. The summed E-state index contributed by atoms with van der Waals surface area (Å²) in [5.41, 5.74) is 4.79. The number of rotatable bonds is 1. The third kappa shape index (κ3) is 2.14. The summed E-state index contributed by atoms with van der Waals surface area (Å²) in [6.07, 6.45) is 5.49. The van der Waals surface area contributed by atoms with Crippen LogP contribution in [0.2, 0.25) is 0 Å². The summed E-state index contributed by atoms with van der Waals surface area (Å²) in [4.78, 5) is 0. The molecule has 0 aromatic heterocycles. The Morgan fingerprint density at radius 2 is 1.74 bits per heavy atom. The zero-order valence-corrected chi connectivity index (χ0v) is 15.0. The summed E-state index contributed by atoms with van der Waals surface area (Å²) in [5, 5.41) is 21.4. The average molecular weight is 312 g/mol. The van der Waals surface area contributed by atoms with Crippen molar-refractivity contribution in [1.82, 2.24) is 0 Å². The highest BCUT2D eigenvalue weighted by Crippen LogP contribution is 2.59. The third-order valence-electron chi connectivity index (χ3n) is 5.94. The fourth-order valence-electron chi connectivity index (χ4n) is 4.70. The summed E-state index contributed by atoms with van der Waals surface area (Å²) in [7, 11) is 0. The van der Waals surface area contributed by atoms with Gasteiger partial charge in [-0.25, -0.2) is 0 Å². The molecule has 1 fully saturated rings. The van der Waals surface area contributed by atoms with E-state index in [-0.39, 0.29) is 28.2 Å². The zero-order valence-electron chi connectivity index (χ0n) is 15.0. The number of phenolic OH excluding ortho intramolecular Hbond substituents is 2. The molecule has 2 aliphatic rings. The van der Waals surface area contributed by atoms with Gasteiger partial charge in [0.25, 0.3) is 0 Å². The predicted octanol–water partition coefficient (Wildman–Crippen LogP) is 5.64. The Kier molecular flexibility index (Phi) is 3.44. The van der Waals surface area contributed by atoms with Crippen molar-refractivity contribution >= 4 is 5.57 Å². The Morgan fingerprint density at radius 3 is 2.35 bits per heavy atom. The highest BCUT2D eigenvalue weighted by Gasteiger charge is 2.47. The van der Waals surface area contributed by atoms with E-state index in [0.717, 1.165) is 41.5 Å². The molecule has 0 radical (unpaired) electrons. The van der Waals surface area contributed by atoms with Crippen LogP contribution in [0.4, 0.5) is 0 Å². The van der Waals surface area contributed by atoms with Crippen molar-refractivity contribution in [3.63, 3.8) is 0 Å². The topological polar surface area (TPSA) is 40.5 Å². The van der Waals surface area contributed by atoms with Crippen molar-refractivity contribution in [3.8, 4) is 11.5 Å². The van der Waals surface area contributed by atoms with Gasteiger partial charge >= 0.3 is 0 Å². The minimum absolute atomic E-state index is 0.0393. The van der Waals surface area contributed by atoms with Crippen molar-refractivity contribution in [3.05, 3.63) is 41.0 Å². The molecule has 0 saturated heterocycles. The first kappa shape index (κ1) is 16.2. The summed E-state index contributed by atoms with van der Waals surface area (Å²) < 4.78 is 0. The standard InChI is InChI=1S/C21H28O2/c1-12(2)14-11-15-13(3)10-16-20(4,5)8-7-9-21(16,6)17(15)19(23)18(14)22/h10-12,22-23H,3,7-9H2,1-2,4-6H3/t21-/m0/s1. The normalized spacial score (nSPS) is 25.8. The summed E-state index contributed by atoms with van der Waals surface area (Å²) in [6, 6.07) is 2.03. The van der Waals surface area contributed by atoms with Crippen molar-refractivity contribution in [1.29, 1.82) is 0 Å². The second kappa shape index (κ2) is 4.90. The SMILES string of the molecule is C=C1C=C2C(C)(C)CCC[C@]2(C)c2c1cc(C(C)C)c(O)c2O. The van der Waals surface area contributed by atoms with E-state index in [2.05, 4.69) is 33.4 Å². The molecule has 2 heteroatoms. The fourth-order valence-corrected chi connectivity index (χ4v) is 4.70. The van der Waals surface area contributed by atoms with Crippen LogP contribution in [0, 0.1) is 5.41 Å². The average Bonchev–Trinajstić information content (AvgIpc) is 2.43. The highest BCUT2D eigenvalue weighted by molar-refractivity contribution is 5.84. The molecular formula is C21H28O2. The molecule has 1 atom stereocenters. The molecule has 0 aliphatic heterocycles. The summed E-state index contributed by atoms with van der Waals surface area (Å²) >= 11 is 0. The van der Waals surface area contributed by atoms with Crippen LogP contribution < -0.4 is 0 Å². The van der Waals surface area contributed by atoms with Crippen LogP contribution >= 0.6 is 0 Å². The smallest absolute Gasteiger partial charge is 0.162 e. The van der Waals surface area contributed by atoms with E-state index in [9.17, 15) is 10.2 Å². The lowest BCUT2D eigenvalue weighted by atomic mass is 9.54. The second-order valence-electron chi connectivity index (χ2n) is 8.39. The van der Waals surface area contributed by atoms with Crippen LogP contribution in [0.3, 0.4) is 0 Å². The number of phenols is 2. The molecule has 0 amide bonds. The molecule has 2 aliphatic carbocycles. The van der Waals surface area contributed by atoms with Crippen LogP contribution in [-0.4, -0.2) is 10.2 Å². The maximum atomic E-state index is 10.8. The minimum Gasteiger partial charge on any atom is -0.504 e. The van der Waals surface area contributed by atoms with Crippen LogP contribution in [-0.2, 0) is 5.41 Å². The lowest BCUT2D eigenvalue weighted by Gasteiger charge is -2.49. The Balaban J connectivity index is 2.33. The van der Waals surface area contributed by atoms with Gasteiger partial charge in [-0.3, -0.25) is 0 Å². The van der Waals surface area contributed by atoms with E-state index in [1.807, 2.05) is 19.9 Å². The maximum absolute atomic E-state index is 10.8. The Labute approximate surface area is 139 Å². The molecule has 0 bridgehead atoms. The Morgan fingerprint density at radius 1 is 1.09 bits per heavy atom. The lowest BCUT2D eigenvalue weighted by Crippen LogP contribution is -2.40. The van der Waals surface area contributed by atoms with Crippen LogP contribution in [0.25, 0.3) is 5.57 Å². The van der Waals surface area contributed by atoms with Crippen molar-refractivity contribution in [2.24, 2.45) is 5.41 Å². The van der Waals surface area contributed by atoms with Gasteiger partial charge in [0.1, 0.15) is 0 Å². The fraction of sp³-hybridized carbons (Fsp3) is 0.524. The maximum Gasteiger partial charge on any atom is 0.162 e. The van der Waals surface area contributed by atoms with Gasteiger partial charge in [-0.05, 0) is 41.4 Å². The quantitative estimate of drug-likeness (QED) is 0.659. The molecule has 2 nitrogen and oxygen atoms in total. The van der Waals surface area contributed by atoms with Gasteiger partial charge in [-0.1, -0.05) is 59.3 Å². The highest BCUT2D eigenvalue weighted by atomic mass is 16.3. The predicted molar refractivity (Wildman–Crippen MR) is 96.0 cm³/mol. The van der Waals surface area contributed by atoms with Gasteiger partial charge in [-0.15, -0.1) is 0 Å². The molecule has 23 heavy (non-hydrogen) atoms. The molecule has 0 unspecified atom stereocenters. The number of aromatic hydroxyl groups is 2. The van der Waals surface area contributed by atoms with Crippen molar-refractivity contribution < 1.29 is 10.2 Å². The van der Waals surface area contributed by atoms with Crippen LogP contribution in [0.1, 0.15) is 76.5 Å². The monoisotopic (exact) mass is 312 g/mol. The largest absolute Gasteiger partial charge is 0.504 e. The van der Waals surface area contributed by atoms with E-state index in [4.69, 9.17) is 0 Å². The van der Waals surface area contributed by atoms with Gasteiger partial charge < -0.3 is 10.2 Å². The van der Waals surface area contributed by atoms with Gasteiger partial charge in [0.05, 0.1) is 0 Å². The zero-order chi connectivity index (χ0) is 17.2. The van der Waals surface area contributed by atoms with E-state index >= 15 is 0 Å². The van der Waals surface area contributed by atoms with Crippen LogP contribution in [0.5, 0.6) is 11.5 Å². The molecule has 1 aromatic rings. The van der Waals surface area contributed by atoms with Gasteiger partial charge in [0.15, 0.2) is 11.5 Å². The molecule has 1 aromatic carbocycles. The molecule has 3 rings (SSSR count). The number of allylic oxidation sites excluding steroid dienone is 3. The second-order valence-corrected chi connectivity index (χ2v) is 8.39. The van der Waals surface area contributed by atoms with E-state index < -0.39 is 0 Å². The van der Waals surface area contributed by atoms with Gasteiger partial charge in [0.2, 0.25) is 0 Å². The molecule has 2 N–H and O–H groups in total.